The molecule has 0 bridgehead atoms. The summed E-state index contributed by atoms with van der Waals surface area (Å²) in [5, 5.41) is 20.1. The summed E-state index contributed by atoms with van der Waals surface area (Å²) >= 11 is 4.35. The quantitative estimate of drug-likeness (QED) is 0.237. The van der Waals surface area contributed by atoms with E-state index >= 15 is 0 Å². The SMILES string of the molecule is CP(=O)(O)OP(O)(=S)OP(=O)(O)OCC1OC(C(=O)c2ccccc2)C(O)C1O. The number of Topliss-reactive ketones (excluding diaryl/α,β-unsaturated/α-hetero) is 1. The lowest BCUT2D eigenvalue weighted by molar-refractivity contribution is -0.0156. The second kappa shape index (κ2) is 9.42. The van der Waals surface area contributed by atoms with E-state index in [1.54, 1.807) is 18.2 Å². The molecule has 0 aromatic heterocycles. The molecule has 1 aromatic carbocycles. The largest absolute Gasteiger partial charge is 0.479 e. The Morgan fingerprint density at radius 2 is 1.69 bits per heavy atom. The van der Waals surface area contributed by atoms with Gasteiger partial charge in [-0.1, -0.05) is 30.3 Å². The number of ketones is 1. The second-order valence-electron chi connectivity index (χ2n) is 6.01. The number of aliphatic hydroxyl groups is 2. The minimum atomic E-state index is -5.12. The molecule has 0 amide bonds. The number of hydrogen-bond donors (Lipinski definition) is 5. The molecular formula is C13H19O12P3S. The van der Waals surface area contributed by atoms with Crippen molar-refractivity contribution in [2.45, 2.75) is 24.4 Å². The summed E-state index contributed by atoms with van der Waals surface area (Å²) in [7, 11) is -9.45. The normalized spacial score (nSPS) is 30.8. The fourth-order valence-corrected chi connectivity index (χ4v) is 7.76. The topological polar surface area (TPSA) is 189 Å². The molecule has 29 heavy (non-hydrogen) atoms. The minimum absolute atomic E-state index is 0.215. The molecule has 0 spiro atoms. The summed E-state index contributed by atoms with van der Waals surface area (Å²) in [5.74, 6) is -0.621. The number of aliphatic hydroxyl groups excluding tert-OH is 2. The summed E-state index contributed by atoms with van der Waals surface area (Å²) < 4.78 is 41.2. The predicted molar refractivity (Wildman–Crippen MR) is 102 cm³/mol. The molecule has 7 atom stereocenters. The van der Waals surface area contributed by atoms with E-state index in [9.17, 15) is 33.9 Å². The molecule has 1 aliphatic rings. The van der Waals surface area contributed by atoms with E-state index < -0.39 is 58.9 Å². The molecule has 1 saturated heterocycles. The van der Waals surface area contributed by atoms with Gasteiger partial charge in [-0.2, -0.15) is 0 Å². The van der Waals surface area contributed by atoms with E-state index in [0.29, 0.717) is 6.66 Å². The highest BCUT2D eigenvalue weighted by Gasteiger charge is 2.47. The molecule has 1 heterocycles. The van der Waals surface area contributed by atoms with Crippen LogP contribution in [0.1, 0.15) is 10.4 Å². The second-order valence-corrected chi connectivity index (χ2v) is 12.4. The summed E-state index contributed by atoms with van der Waals surface area (Å²) in [5.41, 5.74) is 0.215. The minimum Gasteiger partial charge on any atom is -0.387 e. The Kier molecular flexibility index (Phi) is 8.09. The van der Waals surface area contributed by atoms with Crippen molar-refractivity contribution in [3.8, 4) is 0 Å². The third-order valence-electron chi connectivity index (χ3n) is 3.54. The van der Waals surface area contributed by atoms with Crippen LogP contribution in [0.4, 0.5) is 0 Å². The standard InChI is InChI=1S/C13H19O12P3S/c1-26(17,18)24-28(21,29)25-27(19,20)22-7-9-11(15)12(16)13(23-9)10(14)8-5-3-2-4-6-8/h2-6,9,11-13,15-16H,7H2,1H3,(H,17,18)(H,19,20)(H,21,29). The van der Waals surface area contributed by atoms with Gasteiger partial charge >= 0.3 is 22.1 Å². The molecule has 2 rings (SSSR count). The summed E-state index contributed by atoms with van der Waals surface area (Å²) in [6.07, 6.45) is -6.14. The van der Waals surface area contributed by atoms with Gasteiger partial charge in [0.05, 0.1) is 6.61 Å². The Labute approximate surface area is 170 Å². The van der Waals surface area contributed by atoms with Gasteiger partial charge < -0.3 is 29.6 Å². The lowest BCUT2D eigenvalue weighted by atomic mass is 10.0. The highest BCUT2D eigenvalue weighted by Crippen LogP contribution is 2.66. The van der Waals surface area contributed by atoms with Crippen molar-refractivity contribution in [1.29, 1.82) is 0 Å². The van der Waals surface area contributed by atoms with Gasteiger partial charge in [0.15, 0.2) is 5.78 Å². The van der Waals surface area contributed by atoms with Gasteiger partial charge in [-0.15, -0.1) is 0 Å². The maximum atomic E-state index is 12.4. The van der Waals surface area contributed by atoms with Crippen molar-refractivity contribution in [1.82, 2.24) is 0 Å². The molecule has 0 saturated carbocycles. The van der Waals surface area contributed by atoms with Gasteiger partial charge in [0.25, 0.3) is 0 Å². The van der Waals surface area contributed by atoms with Crippen molar-refractivity contribution in [2.75, 3.05) is 13.3 Å². The van der Waals surface area contributed by atoms with E-state index in [1.165, 1.54) is 12.1 Å². The lowest BCUT2D eigenvalue weighted by Gasteiger charge is -2.21. The van der Waals surface area contributed by atoms with Crippen LogP contribution in [0.2, 0.25) is 0 Å². The molecule has 1 aromatic rings. The summed E-state index contributed by atoms with van der Waals surface area (Å²) in [4.78, 5) is 40.6. The maximum Gasteiger partial charge on any atom is 0.479 e. The van der Waals surface area contributed by atoms with Crippen LogP contribution in [0, 0.1) is 0 Å². The number of carbonyl (C=O) groups is 1. The summed E-state index contributed by atoms with van der Waals surface area (Å²) in [6, 6.07) is 7.81. The Hall–Kier alpha value is -0.360. The van der Waals surface area contributed by atoms with Gasteiger partial charge in [0.1, 0.15) is 24.4 Å². The molecule has 7 unspecified atom stereocenters. The van der Waals surface area contributed by atoms with Crippen LogP contribution in [-0.4, -0.2) is 68.4 Å². The van der Waals surface area contributed by atoms with Gasteiger partial charge in [0.2, 0.25) is 0 Å². The average Bonchev–Trinajstić information content (AvgIpc) is 2.85. The van der Waals surface area contributed by atoms with Crippen molar-refractivity contribution in [2.24, 2.45) is 0 Å². The van der Waals surface area contributed by atoms with Crippen LogP contribution in [0.3, 0.4) is 0 Å². The predicted octanol–water partition coefficient (Wildman–Crippen LogP) is 0.541. The van der Waals surface area contributed by atoms with E-state index in [0.717, 1.165) is 0 Å². The first-order valence-corrected chi connectivity index (χ1v) is 14.0. The first-order chi connectivity index (χ1) is 13.2. The lowest BCUT2D eigenvalue weighted by Crippen LogP contribution is -2.37. The first-order valence-electron chi connectivity index (χ1n) is 7.85. The molecule has 1 aliphatic heterocycles. The molecule has 5 N–H and O–H groups in total. The molecule has 0 radical (unpaired) electrons. The Morgan fingerprint density at radius 1 is 1.10 bits per heavy atom. The van der Waals surface area contributed by atoms with Crippen LogP contribution < -0.4 is 0 Å². The van der Waals surface area contributed by atoms with Crippen molar-refractivity contribution in [3.63, 3.8) is 0 Å². The Balaban J connectivity index is 1.99. The molecule has 0 aliphatic carbocycles. The van der Waals surface area contributed by atoms with Gasteiger partial charge in [0, 0.05) is 12.2 Å². The van der Waals surface area contributed by atoms with Crippen molar-refractivity contribution >= 4 is 39.7 Å². The molecule has 164 valence electrons. The van der Waals surface area contributed by atoms with Crippen LogP contribution in [0.5, 0.6) is 0 Å². The smallest absolute Gasteiger partial charge is 0.387 e. The zero-order valence-electron chi connectivity index (χ0n) is 14.7. The van der Waals surface area contributed by atoms with Gasteiger partial charge in [-0.25, -0.2) is 13.2 Å². The molecule has 1 fully saturated rings. The maximum absolute atomic E-state index is 12.4. The van der Waals surface area contributed by atoms with E-state index in [1.807, 2.05) is 0 Å². The third-order valence-corrected chi connectivity index (χ3v) is 8.91. The average molecular weight is 492 g/mol. The van der Waals surface area contributed by atoms with Crippen LogP contribution in [-0.2, 0) is 38.8 Å². The first kappa shape index (κ1) is 24.9. The fraction of sp³-hybridized carbons (Fsp3) is 0.462. The van der Waals surface area contributed by atoms with Gasteiger partial charge in [-0.05, 0) is 11.8 Å². The number of rotatable bonds is 9. The third kappa shape index (κ3) is 7.37. The van der Waals surface area contributed by atoms with E-state index in [-0.39, 0.29) is 5.56 Å². The van der Waals surface area contributed by atoms with Crippen LogP contribution in [0.25, 0.3) is 0 Å². The molecule has 12 nitrogen and oxygen atoms in total. The Bertz CT molecular complexity index is 873. The highest BCUT2D eigenvalue weighted by atomic mass is 32.5. The molecule has 16 heteroatoms. The number of benzene rings is 1. The zero-order chi connectivity index (χ0) is 22.0. The monoisotopic (exact) mass is 492 g/mol. The van der Waals surface area contributed by atoms with E-state index in [4.69, 9.17) is 9.63 Å². The number of carbonyl (C=O) groups excluding carboxylic acids is 1. The fourth-order valence-electron chi connectivity index (χ4n) is 2.40. The van der Waals surface area contributed by atoms with Crippen molar-refractivity contribution < 1.29 is 56.7 Å². The number of phosphoric acid groups is 1. The van der Waals surface area contributed by atoms with Crippen molar-refractivity contribution in [3.05, 3.63) is 35.9 Å². The van der Waals surface area contributed by atoms with Gasteiger partial charge in [-0.3, -0.25) is 13.9 Å². The van der Waals surface area contributed by atoms with Crippen LogP contribution >= 0.6 is 22.1 Å². The Morgan fingerprint density at radius 3 is 2.24 bits per heavy atom. The highest BCUT2D eigenvalue weighted by molar-refractivity contribution is 8.09. The number of ether oxygens (including phenoxy) is 1. The summed E-state index contributed by atoms with van der Waals surface area (Å²) in [6.45, 7) is -4.79. The van der Waals surface area contributed by atoms with E-state index in [2.05, 4.69) is 25.0 Å². The number of hydrogen-bond acceptors (Lipinski definition) is 10. The van der Waals surface area contributed by atoms with Crippen LogP contribution in [0.15, 0.2) is 30.3 Å². The molecular weight excluding hydrogens is 473 g/mol. The zero-order valence-corrected chi connectivity index (χ0v) is 18.2. The number of phosphoric ester groups is 1.